The Morgan fingerprint density at radius 2 is 1.00 bits per heavy atom. The molecule has 0 fully saturated rings. The van der Waals surface area contributed by atoms with Gasteiger partial charge in [-0.15, -0.1) is 0 Å². The van der Waals surface area contributed by atoms with Crippen LogP contribution in [-0.2, 0) is 35.6 Å². The molecule has 0 spiro atoms. The molecule has 0 heterocycles. The third-order valence-electron chi connectivity index (χ3n) is 7.43. The predicted molar refractivity (Wildman–Crippen MR) is 167 cm³/mol. The lowest BCUT2D eigenvalue weighted by atomic mass is 9.96. The van der Waals surface area contributed by atoms with Crippen LogP contribution < -0.4 is 0 Å². The van der Waals surface area contributed by atoms with Crippen molar-refractivity contribution in [2.45, 2.75) is 45.0 Å². The highest BCUT2D eigenvalue weighted by Crippen LogP contribution is 2.24. The Kier molecular flexibility index (Phi) is 10.1. The van der Waals surface area contributed by atoms with Gasteiger partial charge in [0.15, 0.2) is 0 Å². The van der Waals surface area contributed by atoms with Crippen LogP contribution in [0.4, 0.5) is 0 Å². The number of hydrogen-bond acceptors (Lipinski definition) is 3. The molecule has 0 saturated carbocycles. The molecule has 0 aliphatic rings. The number of benzene rings is 5. The Morgan fingerprint density at radius 3 is 1.54 bits per heavy atom. The summed E-state index contributed by atoms with van der Waals surface area (Å²) < 4.78 is 5.65. The Hall–Kier alpha value is -4.47. The highest BCUT2D eigenvalue weighted by molar-refractivity contribution is 5.69. The van der Waals surface area contributed by atoms with Crippen molar-refractivity contribution in [3.8, 4) is 11.1 Å². The summed E-state index contributed by atoms with van der Waals surface area (Å²) in [6.07, 6.45) is 1.94. The minimum Gasteiger partial charge on any atom is -0.461 e. The van der Waals surface area contributed by atoms with E-state index in [0.29, 0.717) is 19.4 Å². The molecule has 41 heavy (non-hydrogen) atoms. The van der Waals surface area contributed by atoms with E-state index >= 15 is 0 Å². The van der Waals surface area contributed by atoms with Gasteiger partial charge in [0, 0.05) is 25.6 Å². The molecule has 0 N–H and O–H groups in total. The van der Waals surface area contributed by atoms with Gasteiger partial charge in [-0.1, -0.05) is 146 Å². The molecule has 0 aromatic heterocycles. The molecule has 0 radical (unpaired) electrons. The molecule has 3 nitrogen and oxygen atoms in total. The summed E-state index contributed by atoms with van der Waals surface area (Å²) in [5.74, 6) is -0.155. The van der Waals surface area contributed by atoms with Crippen LogP contribution >= 0.6 is 0 Å². The van der Waals surface area contributed by atoms with Crippen LogP contribution in [0, 0.1) is 0 Å². The number of esters is 1. The first kappa shape index (κ1) is 28.1. The maximum atomic E-state index is 12.9. The van der Waals surface area contributed by atoms with Crippen molar-refractivity contribution in [2.24, 2.45) is 0 Å². The summed E-state index contributed by atoms with van der Waals surface area (Å²) in [7, 11) is 0. The lowest BCUT2D eigenvalue weighted by molar-refractivity contribution is -0.145. The van der Waals surface area contributed by atoms with Crippen molar-refractivity contribution in [1.29, 1.82) is 0 Å². The van der Waals surface area contributed by atoms with E-state index in [1.165, 1.54) is 27.8 Å². The normalized spacial score (nSPS) is 11.7. The van der Waals surface area contributed by atoms with E-state index < -0.39 is 0 Å². The highest BCUT2D eigenvalue weighted by atomic mass is 16.5. The Labute approximate surface area is 244 Å². The van der Waals surface area contributed by atoms with E-state index in [1.54, 1.807) is 0 Å². The van der Waals surface area contributed by atoms with Gasteiger partial charge in [-0.25, -0.2) is 0 Å². The molecule has 0 aliphatic carbocycles. The van der Waals surface area contributed by atoms with E-state index in [0.717, 1.165) is 25.1 Å². The summed E-state index contributed by atoms with van der Waals surface area (Å²) in [6, 6.07) is 50.5. The Morgan fingerprint density at radius 1 is 0.537 bits per heavy atom. The second kappa shape index (κ2) is 14.8. The largest absolute Gasteiger partial charge is 0.461 e. The van der Waals surface area contributed by atoms with Gasteiger partial charge in [-0.05, 0) is 46.2 Å². The van der Waals surface area contributed by atoms with Crippen molar-refractivity contribution in [2.75, 3.05) is 0 Å². The van der Waals surface area contributed by atoms with Crippen molar-refractivity contribution < 1.29 is 9.53 Å². The van der Waals surface area contributed by atoms with Gasteiger partial charge in [0.2, 0.25) is 0 Å². The molecular formula is C38H37NO2. The number of hydrogen-bond donors (Lipinski definition) is 0. The maximum absolute atomic E-state index is 12.9. The molecular weight excluding hydrogens is 502 g/mol. The quantitative estimate of drug-likeness (QED) is 0.141. The van der Waals surface area contributed by atoms with Gasteiger partial charge in [0.05, 0.1) is 0 Å². The SMILES string of the molecule is O=C(CC[C@@H](Cc1ccc(-c2ccccc2)cc1)N(Cc1ccccc1)Cc1ccccc1)OCc1ccccc1. The zero-order chi connectivity index (χ0) is 28.1. The zero-order valence-corrected chi connectivity index (χ0v) is 23.4. The average molecular weight is 540 g/mol. The topological polar surface area (TPSA) is 29.5 Å². The smallest absolute Gasteiger partial charge is 0.306 e. The first-order valence-corrected chi connectivity index (χ1v) is 14.4. The summed E-state index contributed by atoms with van der Waals surface area (Å²) in [5, 5.41) is 0. The molecule has 1 atom stereocenters. The van der Waals surface area contributed by atoms with Gasteiger partial charge < -0.3 is 4.74 Å². The van der Waals surface area contributed by atoms with Gasteiger partial charge in [0.25, 0.3) is 0 Å². The molecule has 0 aliphatic heterocycles. The second-order valence-corrected chi connectivity index (χ2v) is 10.5. The Balaban J connectivity index is 1.35. The molecule has 0 unspecified atom stereocenters. The minimum atomic E-state index is -0.155. The monoisotopic (exact) mass is 539 g/mol. The zero-order valence-electron chi connectivity index (χ0n) is 23.4. The van der Waals surface area contributed by atoms with Crippen molar-refractivity contribution in [1.82, 2.24) is 4.90 Å². The van der Waals surface area contributed by atoms with Gasteiger partial charge in [-0.3, -0.25) is 9.69 Å². The van der Waals surface area contributed by atoms with Crippen molar-refractivity contribution in [3.05, 3.63) is 168 Å². The lowest BCUT2D eigenvalue weighted by Crippen LogP contribution is -2.36. The average Bonchev–Trinajstić information content (AvgIpc) is 3.04. The van der Waals surface area contributed by atoms with Crippen molar-refractivity contribution >= 4 is 5.97 Å². The van der Waals surface area contributed by atoms with Gasteiger partial charge in [-0.2, -0.15) is 0 Å². The van der Waals surface area contributed by atoms with Gasteiger partial charge >= 0.3 is 5.97 Å². The standard InChI is InChI=1S/C38H37NO2/c40-38(41-30-34-17-9-3-10-18-34)26-25-37(27-31-21-23-36(24-22-31)35-19-11-4-12-20-35)39(28-32-13-5-1-6-14-32)29-33-15-7-2-8-16-33/h1-24,37H,25-30H2/t37-/m0/s1. The van der Waals surface area contributed by atoms with E-state index in [9.17, 15) is 4.79 Å². The third-order valence-corrected chi connectivity index (χ3v) is 7.43. The fourth-order valence-corrected chi connectivity index (χ4v) is 5.19. The highest BCUT2D eigenvalue weighted by Gasteiger charge is 2.22. The molecule has 206 valence electrons. The van der Waals surface area contributed by atoms with Crippen LogP contribution in [0.15, 0.2) is 146 Å². The predicted octanol–water partition coefficient (Wildman–Crippen LogP) is 8.49. The number of rotatable bonds is 13. The first-order valence-electron chi connectivity index (χ1n) is 14.4. The molecule has 0 bridgehead atoms. The third kappa shape index (κ3) is 8.76. The minimum absolute atomic E-state index is 0.155. The van der Waals surface area contributed by atoms with Crippen molar-refractivity contribution in [3.63, 3.8) is 0 Å². The molecule has 5 aromatic carbocycles. The lowest BCUT2D eigenvalue weighted by Gasteiger charge is -2.32. The summed E-state index contributed by atoms with van der Waals surface area (Å²) >= 11 is 0. The maximum Gasteiger partial charge on any atom is 0.306 e. The number of carbonyl (C=O) groups excluding carboxylic acids is 1. The van der Waals surface area contributed by atoms with Gasteiger partial charge in [0.1, 0.15) is 6.61 Å². The molecule has 3 heteroatoms. The van der Waals surface area contributed by atoms with Crippen LogP contribution in [0.25, 0.3) is 11.1 Å². The van der Waals surface area contributed by atoms with E-state index in [4.69, 9.17) is 4.74 Å². The Bertz CT molecular complexity index is 1410. The van der Waals surface area contributed by atoms with Crippen LogP contribution in [0.2, 0.25) is 0 Å². The molecule has 0 saturated heterocycles. The van der Waals surface area contributed by atoms with E-state index in [1.807, 2.05) is 36.4 Å². The fraction of sp³-hybridized carbons (Fsp3) is 0.184. The molecule has 5 aromatic rings. The van der Waals surface area contributed by atoms with Crippen LogP contribution in [0.5, 0.6) is 0 Å². The van der Waals surface area contributed by atoms with Crippen LogP contribution in [-0.4, -0.2) is 16.9 Å². The molecule has 5 rings (SSSR count). The first-order chi connectivity index (χ1) is 20.2. The van der Waals surface area contributed by atoms with Crippen LogP contribution in [0.3, 0.4) is 0 Å². The molecule has 0 amide bonds. The van der Waals surface area contributed by atoms with E-state index in [-0.39, 0.29) is 12.0 Å². The summed E-state index contributed by atoms with van der Waals surface area (Å²) in [6.45, 7) is 1.92. The number of nitrogens with zero attached hydrogens (tertiary/aromatic N) is 1. The number of ether oxygens (including phenoxy) is 1. The second-order valence-electron chi connectivity index (χ2n) is 10.5. The van der Waals surface area contributed by atoms with Crippen LogP contribution in [0.1, 0.15) is 35.1 Å². The summed E-state index contributed by atoms with van der Waals surface area (Å²) in [4.78, 5) is 15.4. The van der Waals surface area contributed by atoms with E-state index in [2.05, 4.69) is 114 Å². The fourth-order valence-electron chi connectivity index (χ4n) is 5.19. The number of carbonyl (C=O) groups is 1. The summed E-state index contributed by atoms with van der Waals surface area (Å²) in [5.41, 5.74) is 7.22.